The van der Waals surface area contributed by atoms with Crippen LogP contribution in [-0.4, -0.2) is 28.7 Å². The van der Waals surface area contributed by atoms with Crippen LogP contribution >= 0.6 is 0 Å². The molecule has 0 amide bonds. The summed E-state index contributed by atoms with van der Waals surface area (Å²) in [5.41, 5.74) is 5.76. The van der Waals surface area contributed by atoms with E-state index in [2.05, 4.69) is 36.6 Å². The second-order valence-electron chi connectivity index (χ2n) is 9.39. The second kappa shape index (κ2) is 8.45. The number of carbonyl (C=O) groups excluding carboxylic acids is 3. The van der Waals surface area contributed by atoms with Gasteiger partial charge in [-0.25, -0.2) is 0 Å². The molecule has 2 aromatic rings. The molecule has 0 unspecified atom stereocenters. The molecule has 1 aromatic carbocycles. The highest BCUT2D eigenvalue weighted by Crippen LogP contribution is 2.40. The Morgan fingerprint density at radius 3 is 2.19 bits per heavy atom. The van der Waals surface area contributed by atoms with Gasteiger partial charge in [0.25, 0.3) is 0 Å². The Morgan fingerprint density at radius 1 is 0.968 bits per heavy atom. The van der Waals surface area contributed by atoms with Crippen LogP contribution in [0.15, 0.2) is 24.3 Å². The predicted octanol–water partition coefficient (Wildman–Crippen LogP) is 4.83. The third-order valence-corrected chi connectivity index (χ3v) is 6.92. The molecule has 0 N–H and O–H groups in total. The zero-order valence-electron chi connectivity index (χ0n) is 18.9. The van der Waals surface area contributed by atoms with Gasteiger partial charge in [0.05, 0.1) is 5.92 Å². The number of rotatable bonds is 5. The Bertz CT molecular complexity index is 1010. The lowest BCUT2D eigenvalue weighted by molar-refractivity contribution is -0.152. The number of ketones is 2. The number of hydrogen-bond donors (Lipinski definition) is 0. The number of ether oxygens (including phenoxy) is 1. The minimum absolute atomic E-state index is 0.00235. The van der Waals surface area contributed by atoms with Gasteiger partial charge in [0, 0.05) is 34.5 Å². The number of aromatic nitrogens is 1. The van der Waals surface area contributed by atoms with Crippen LogP contribution in [0.1, 0.15) is 65.0 Å². The molecule has 2 bridgehead atoms. The molecule has 164 valence electrons. The van der Waals surface area contributed by atoms with Crippen LogP contribution in [0.3, 0.4) is 0 Å². The maximum Gasteiger partial charge on any atom is 0.309 e. The van der Waals surface area contributed by atoms with Crippen LogP contribution < -0.4 is 0 Å². The monoisotopic (exact) mass is 421 g/mol. The van der Waals surface area contributed by atoms with E-state index in [1.54, 1.807) is 0 Å². The number of Topliss-reactive ketones (excluding diaryl/α,β-unsaturated/α-hetero) is 2. The van der Waals surface area contributed by atoms with Crippen LogP contribution in [0.2, 0.25) is 0 Å². The van der Waals surface area contributed by atoms with Crippen LogP contribution in [0.25, 0.3) is 5.69 Å². The smallest absolute Gasteiger partial charge is 0.309 e. The molecule has 0 spiro atoms. The molecule has 2 fully saturated rings. The van der Waals surface area contributed by atoms with Gasteiger partial charge in [-0.2, -0.15) is 0 Å². The van der Waals surface area contributed by atoms with Crippen LogP contribution in [0, 0.1) is 45.4 Å². The van der Waals surface area contributed by atoms with Gasteiger partial charge in [-0.05, 0) is 82.7 Å². The first-order valence-electron chi connectivity index (χ1n) is 11.3. The zero-order chi connectivity index (χ0) is 22.3. The third-order valence-electron chi connectivity index (χ3n) is 6.92. The Morgan fingerprint density at radius 2 is 1.58 bits per heavy atom. The molecule has 31 heavy (non-hydrogen) atoms. The molecule has 2 aliphatic carbocycles. The van der Waals surface area contributed by atoms with Crippen molar-refractivity contribution in [2.24, 2.45) is 17.8 Å². The Kier molecular flexibility index (Phi) is 5.87. The summed E-state index contributed by atoms with van der Waals surface area (Å²) in [6, 6.07) is 8.19. The molecule has 4 rings (SSSR count). The van der Waals surface area contributed by atoms with Crippen LogP contribution in [-0.2, 0) is 14.3 Å². The van der Waals surface area contributed by atoms with Crippen LogP contribution in [0.4, 0.5) is 0 Å². The minimum Gasteiger partial charge on any atom is -0.457 e. The van der Waals surface area contributed by atoms with E-state index >= 15 is 0 Å². The maximum atomic E-state index is 12.9. The normalized spacial score (nSPS) is 23.0. The average Bonchev–Trinajstić information content (AvgIpc) is 2.99. The van der Waals surface area contributed by atoms with Gasteiger partial charge in [0.15, 0.2) is 6.61 Å². The number of aryl methyl sites for hydroxylation is 3. The van der Waals surface area contributed by atoms with E-state index in [-0.39, 0.29) is 36.1 Å². The lowest BCUT2D eigenvalue weighted by atomic mass is 9.67. The molecule has 1 aromatic heterocycles. The predicted molar refractivity (Wildman–Crippen MR) is 119 cm³/mol. The third kappa shape index (κ3) is 4.23. The van der Waals surface area contributed by atoms with Crippen molar-refractivity contribution in [2.75, 3.05) is 6.61 Å². The molecular weight excluding hydrogens is 390 g/mol. The molecule has 2 saturated carbocycles. The van der Waals surface area contributed by atoms with Gasteiger partial charge in [-0.3, -0.25) is 14.4 Å². The average molecular weight is 422 g/mol. The maximum absolute atomic E-state index is 12.9. The van der Waals surface area contributed by atoms with Crippen molar-refractivity contribution in [2.45, 2.75) is 59.8 Å². The standard InChI is InChI=1S/C26H31NO4/c1-15-8-16(2)10-22(9-15)27-17(3)11-23(18(27)4)24(28)14-31-26(30)21-12-19-6-5-7-20(13-21)25(19)29/h8-11,19-21H,5-7,12-14H2,1-4H3/t19-,20-/m0/s1. The summed E-state index contributed by atoms with van der Waals surface area (Å²) in [4.78, 5) is 37.8. The van der Waals surface area contributed by atoms with E-state index in [1.807, 2.05) is 19.9 Å². The van der Waals surface area contributed by atoms with Gasteiger partial charge in [0.2, 0.25) is 5.78 Å². The zero-order valence-corrected chi connectivity index (χ0v) is 18.9. The van der Waals surface area contributed by atoms with Gasteiger partial charge in [-0.1, -0.05) is 12.5 Å². The Hall–Kier alpha value is -2.69. The quantitative estimate of drug-likeness (QED) is 0.512. The van der Waals surface area contributed by atoms with Crippen molar-refractivity contribution in [3.05, 3.63) is 52.3 Å². The summed E-state index contributed by atoms with van der Waals surface area (Å²) in [7, 11) is 0. The summed E-state index contributed by atoms with van der Waals surface area (Å²) in [6.45, 7) is 7.76. The first-order chi connectivity index (χ1) is 14.7. The fourth-order valence-electron chi connectivity index (χ4n) is 5.53. The fraction of sp³-hybridized carbons (Fsp3) is 0.500. The number of hydrogen-bond acceptors (Lipinski definition) is 4. The summed E-state index contributed by atoms with van der Waals surface area (Å²) >= 11 is 0. The lowest BCUT2D eigenvalue weighted by Gasteiger charge is -2.36. The van der Waals surface area contributed by atoms with Gasteiger partial charge < -0.3 is 9.30 Å². The molecule has 0 aliphatic heterocycles. The first-order valence-corrected chi connectivity index (χ1v) is 11.3. The van der Waals surface area contributed by atoms with Crippen molar-refractivity contribution in [3.8, 4) is 5.69 Å². The van der Waals surface area contributed by atoms with Gasteiger partial charge in [0.1, 0.15) is 5.78 Å². The highest BCUT2D eigenvalue weighted by atomic mass is 16.5. The van der Waals surface area contributed by atoms with E-state index in [0.29, 0.717) is 24.2 Å². The summed E-state index contributed by atoms with van der Waals surface area (Å²) < 4.78 is 7.51. The van der Waals surface area contributed by atoms with Crippen molar-refractivity contribution < 1.29 is 19.1 Å². The van der Waals surface area contributed by atoms with Crippen molar-refractivity contribution in [3.63, 3.8) is 0 Å². The van der Waals surface area contributed by atoms with E-state index in [9.17, 15) is 14.4 Å². The van der Waals surface area contributed by atoms with Crippen molar-refractivity contribution in [1.82, 2.24) is 4.57 Å². The van der Waals surface area contributed by atoms with Crippen molar-refractivity contribution >= 4 is 17.5 Å². The molecule has 5 nitrogen and oxygen atoms in total. The van der Waals surface area contributed by atoms with Gasteiger partial charge in [-0.15, -0.1) is 0 Å². The molecule has 2 atom stereocenters. The SMILES string of the molecule is Cc1cc(C)cc(-n2c(C)cc(C(=O)COC(=O)C3C[C@@H]4CCC[C@@H](C3)C4=O)c2C)c1. The second-order valence-corrected chi connectivity index (χ2v) is 9.39. The highest BCUT2D eigenvalue weighted by molar-refractivity contribution is 5.99. The van der Waals surface area contributed by atoms with E-state index in [4.69, 9.17) is 4.74 Å². The number of esters is 1. The first kappa shape index (κ1) is 21.5. The topological polar surface area (TPSA) is 65.4 Å². The number of fused-ring (bicyclic) bond motifs is 2. The van der Waals surface area contributed by atoms with E-state index in [0.717, 1.165) is 36.3 Å². The molecule has 0 saturated heterocycles. The molecular formula is C26H31NO4. The molecule has 1 heterocycles. The lowest BCUT2D eigenvalue weighted by Crippen LogP contribution is -2.39. The van der Waals surface area contributed by atoms with Gasteiger partial charge >= 0.3 is 5.97 Å². The van der Waals surface area contributed by atoms with E-state index in [1.165, 1.54) is 11.1 Å². The Balaban J connectivity index is 1.45. The number of benzene rings is 1. The molecule has 0 radical (unpaired) electrons. The number of carbonyl (C=O) groups is 3. The fourth-order valence-corrected chi connectivity index (χ4v) is 5.53. The largest absolute Gasteiger partial charge is 0.457 e. The summed E-state index contributed by atoms with van der Waals surface area (Å²) in [5, 5.41) is 0. The number of nitrogens with zero attached hydrogens (tertiary/aromatic N) is 1. The summed E-state index contributed by atoms with van der Waals surface area (Å²) in [5.74, 6) is -0.464. The van der Waals surface area contributed by atoms with Crippen molar-refractivity contribution in [1.29, 1.82) is 0 Å². The Labute approximate surface area is 183 Å². The molecule has 5 heteroatoms. The highest BCUT2D eigenvalue weighted by Gasteiger charge is 2.41. The minimum atomic E-state index is -0.333. The van der Waals surface area contributed by atoms with E-state index < -0.39 is 0 Å². The molecule has 2 aliphatic rings. The van der Waals surface area contributed by atoms with Crippen LogP contribution in [0.5, 0.6) is 0 Å². The summed E-state index contributed by atoms with van der Waals surface area (Å²) in [6.07, 6.45) is 3.97.